The zero-order chi connectivity index (χ0) is 39.7. The van der Waals surface area contributed by atoms with E-state index in [9.17, 15) is 38.9 Å². The average molecular weight is 757 g/mol. The highest BCUT2D eigenvalue weighted by Gasteiger charge is 2.49. The molecule has 55 heavy (non-hydrogen) atoms. The van der Waals surface area contributed by atoms with Gasteiger partial charge in [-0.3, -0.25) is 24.3 Å². The molecule has 1 aliphatic rings. The first-order chi connectivity index (χ1) is 26.2. The average Bonchev–Trinajstić information content (AvgIpc) is 3.69. The molecule has 0 saturated carbocycles. The zero-order valence-electron chi connectivity index (χ0n) is 30.3. The maximum Gasteiger partial charge on any atom is 0.303 e. The van der Waals surface area contributed by atoms with E-state index in [1.54, 1.807) is 65.6 Å². The maximum atomic E-state index is 13.9. The molecule has 1 aliphatic heterocycles. The number of nitrogens with zero attached hydrogens (tertiary/aromatic N) is 3. The lowest BCUT2D eigenvalue weighted by molar-refractivity contribution is -0.190. The molecule has 1 aromatic heterocycles. The van der Waals surface area contributed by atoms with E-state index in [1.807, 2.05) is 0 Å². The van der Waals surface area contributed by atoms with Crippen molar-refractivity contribution in [1.29, 1.82) is 0 Å². The number of aliphatic hydroxyl groups is 3. The molecule has 5 atom stereocenters. The Bertz CT molecular complexity index is 1990. The molecule has 0 spiro atoms. The lowest BCUT2D eigenvalue weighted by Crippen LogP contribution is -2.56. The van der Waals surface area contributed by atoms with Crippen molar-refractivity contribution in [2.75, 3.05) is 18.1 Å². The lowest BCUT2D eigenvalue weighted by atomic mass is 9.78. The molecule has 288 valence electrons. The van der Waals surface area contributed by atoms with Gasteiger partial charge in [-0.1, -0.05) is 42.3 Å². The molecular formula is C40H41FN4O10. The van der Waals surface area contributed by atoms with Gasteiger partial charge in [0.05, 0.1) is 18.1 Å². The number of aliphatic hydroxyl groups excluding tert-OH is 2. The summed E-state index contributed by atoms with van der Waals surface area (Å²) in [7, 11) is 0. The van der Waals surface area contributed by atoms with Gasteiger partial charge in [-0.25, -0.2) is 9.37 Å². The van der Waals surface area contributed by atoms with E-state index >= 15 is 0 Å². The molecular weight excluding hydrogens is 715 g/mol. The number of ether oxygens (including phenoxy) is 3. The van der Waals surface area contributed by atoms with E-state index in [-0.39, 0.29) is 18.7 Å². The number of β-lactam (4-membered cyclic amide) rings is 1. The van der Waals surface area contributed by atoms with E-state index in [2.05, 4.69) is 27.0 Å². The number of hydrogen-bond acceptors (Lipinski definition) is 12. The number of rotatable bonds is 15. The standard InChI is InChI=1S/C40H41FN4O10/c1-24(46)53-21-40(52,22-54-25(2)47)38(50)34(49)20-28-4-9-30(10-5-28)37-33(17-18-35(55-26(3)48)29-11-13-31(41)14-12-29)39(51)45(37)32-15-6-27(7-16-32)8-19-36-42-23-43-44-36/h4-7,9-16,23,33-35,37-38,49-50,52H,17-18,20-22H2,1-3H3,(H,42,43,44)/t33-,34?,35+,37-,38?/m1/s1. The number of nitrogens with one attached hydrogen (secondary N) is 1. The SMILES string of the molecule is CC(=O)OCC(O)(COC(C)=O)C(O)C(O)Cc1ccc([C@@H]2[C@@H](CC[C@H](OC(C)=O)c3ccc(F)cc3)C(=O)N2c2ccc(C#Cc3ncn[nH]3)cc2)cc1. The number of aromatic nitrogens is 3. The summed E-state index contributed by atoms with van der Waals surface area (Å²) in [6.45, 7) is 2.04. The molecule has 0 radical (unpaired) electrons. The largest absolute Gasteiger partial charge is 0.463 e. The van der Waals surface area contributed by atoms with E-state index in [1.165, 1.54) is 25.4 Å². The van der Waals surface area contributed by atoms with Gasteiger partial charge >= 0.3 is 17.9 Å². The second kappa shape index (κ2) is 17.9. The minimum absolute atomic E-state index is 0.140. The van der Waals surface area contributed by atoms with Crippen molar-refractivity contribution >= 4 is 29.5 Å². The van der Waals surface area contributed by atoms with Gasteiger partial charge in [-0.05, 0) is 71.9 Å². The summed E-state index contributed by atoms with van der Waals surface area (Å²) < 4.78 is 29.0. The number of halogens is 1. The van der Waals surface area contributed by atoms with E-state index in [4.69, 9.17) is 14.2 Å². The van der Waals surface area contributed by atoms with Crippen LogP contribution >= 0.6 is 0 Å². The van der Waals surface area contributed by atoms with Gasteiger partial charge in [0.15, 0.2) is 5.60 Å². The highest BCUT2D eigenvalue weighted by atomic mass is 19.1. The van der Waals surface area contributed by atoms with Crippen LogP contribution in [0.2, 0.25) is 0 Å². The number of anilines is 1. The number of amides is 1. The number of H-pyrrole nitrogens is 1. The molecule has 5 rings (SSSR count). The van der Waals surface area contributed by atoms with Crippen LogP contribution < -0.4 is 4.90 Å². The Labute approximate surface area is 316 Å². The van der Waals surface area contributed by atoms with Crippen LogP contribution in [0.5, 0.6) is 0 Å². The van der Waals surface area contributed by atoms with Crippen LogP contribution in [0.4, 0.5) is 10.1 Å². The molecule has 4 aromatic rings. The Morgan fingerprint density at radius 1 is 0.909 bits per heavy atom. The van der Waals surface area contributed by atoms with Crippen LogP contribution in [0.3, 0.4) is 0 Å². The van der Waals surface area contributed by atoms with E-state index in [0.717, 1.165) is 19.4 Å². The van der Waals surface area contributed by atoms with E-state index < -0.39 is 72.8 Å². The third-order valence-corrected chi connectivity index (χ3v) is 9.12. The number of esters is 3. The number of carbonyl (C=O) groups is 4. The fourth-order valence-electron chi connectivity index (χ4n) is 6.33. The Kier molecular flexibility index (Phi) is 13.1. The predicted molar refractivity (Wildman–Crippen MR) is 193 cm³/mol. The van der Waals surface area contributed by atoms with Gasteiger partial charge in [-0.2, -0.15) is 5.10 Å². The first-order valence-corrected chi connectivity index (χ1v) is 17.4. The van der Waals surface area contributed by atoms with Crippen LogP contribution in [-0.4, -0.2) is 85.3 Å². The third-order valence-electron chi connectivity index (χ3n) is 9.12. The fourth-order valence-corrected chi connectivity index (χ4v) is 6.33. The summed E-state index contributed by atoms with van der Waals surface area (Å²) in [6, 6.07) is 19.3. The van der Waals surface area contributed by atoms with Crippen molar-refractivity contribution in [2.45, 2.75) is 70.0 Å². The number of benzene rings is 3. The van der Waals surface area contributed by atoms with Gasteiger partial charge < -0.3 is 34.4 Å². The molecule has 0 aliphatic carbocycles. The Morgan fingerprint density at radius 3 is 2.11 bits per heavy atom. The topological polar surface area (TPSA) is 201 Å². The van der Waals surface area contributed by atoms with E-state index in [0.29, 0.717) is 34.6 Å². The van der Waals surface area contributed by atoms with Crippen LogP contribution in [-0.2, 0) is 39.8 Å². The molecule has 1 saturated heterocycles. The zero-order valence-corrected chi connectivity index (χ0v) is 30.3. The molecule has 14 nitrogen and oxygen atoms in total. The highest BCUT2D eigenvalue weighted by molar-refractivity contribution is 6.03. The summed E-state index contributed by atoms with van der Waals surface area (Å²) in [5.41, 5.74) is 0.927. The number of carbonyl (C=O) groups excluding carboxylic acids is 4. The molecule has 1 fully saturated rings. The highest BCUT2D eigenvalue weighted by Crippen LogP contribution is 2.46. The molecule has 1 amide bonds. The van der Waals surface area contributed by atoms with Crippen LogP contribution in [0, 0.1) is 23.6 Å². The molecule has 3 aromatic carbocycles. The Morgan fingerprint density at radius 2 is 1.55 bits per heavy atom. The fraction of sp³-hybridized carbons (Fsp3) is 0.350. The second-order valence-corrected chi connectivity index (χ2v) is 13.2. The minimum Gasteiger partial charge on any atom is -0.463 e. The van der Waals surface area contributed by atoms with Crippen molar-refractivity contribution in [3.8, 4) is 11.8 Å². The molecule has 2 heterocycles. The van der Waals surface area contributed by atoms with Gasteiger partial charge in [0.2, 0.25) is 11.7 Å². The summed E-state index contributed by atoms with van der Waals surface area (Å²) >= 11 is 0. The van der Waals surface area contributed by atoms with Crippen molar-refractivity contribution in [2.24, 2.45) is 5.92 Å². The Hall–Kier alpha value is -5.95. The van der Waals surface area contributed by atoms with Gasteiger partial charge in [0.1, 0.15) is 37.6 Å². The summed E-state index contributed by atoms with van der Waals surface area (Å²) in [6.07, 6.45) is -2.32. The maximum absolute atomic E-state index is 13.9. The Balaban J connectivity index is 1.37. The number of aromatic amines is 1. The van der Waals surface area contributed by atoms with Crippen molar-refractivity contribution in [1.82, 2.24) is 15.2 Å². The number of hydrogen-bond donors (Lipinski definition) is 4. The van der Waals surface area contributed by atoms with Crippen LogP contribution in [0.25, 0.3) is 0 Å². The molecule has 4 N–H and O–H groups in total. The lowest BCUT2D eigenvalue weighted by Gasteiger charge is -2.48. The summed E-state index contributed by atoms with van der Waals surface area (Å²) in [5.74, 6) is 3.15. The van der Waals surface area contributed by atoms with Gasteiger partial charge in [-0.15, -0.1) is 0 Å². The normalized spacial score (nSPS) is 16.9. The first kappa shape index (κ1) is 40.2. The molecule has 0 bridgehead atoms. The van der Waals surface area contributed by atoms with Gasteiger partial charge in [0.25, 0.3) is 0 Å². The second-order valence-electron chi connectivity index (χ2n) is 13.2. The van der Waals surface area contributed by atoms with Crippen LogP contribution in [0.1, 0.15) is 73.8 Å². The molecule has 15 heteroatoms. The minimum atomic E-state index is -2.29. The molecule has 2 unspecified atom stereocenters. The third kappa shape index (κ3) is 10.4. The summed E-state index contributed by atoms with van der Waals surface area (Å²) in [4.78, 5) is 54.3. The van der Waals surface area contributed by atoms with Gasteiger partial charge in [0, 0.05) is 38.4 Å². The van der Waals surface area contributed by atoms with Crippen LogP contribution in [0.15, 0.2) is 79.1 Å². The summed E-state index contributed by atoms with van der Waals surface area (Å²) in [5, 5.41) is 39.3. The van der Waals surface area contributed by atoms with Crippen molar-refractivity contribution in [3.63, 3.8) is 0 Å². The van der Waals surface area contributed by atoms with Crippen molar-refractivity contribution < 1.29 is 53.1 Å². The smallest absolute Gasteiger partial charge is 0.303 e. The predicted octanol–water partition coefficient (Wildman–Crippen LogP) is 3.25. The monoisotopic (exact) mass is 756 g/mol. The van der Waals surface area contributed by atoms with Crippen molar-refractivity contribution in [3.05, 3.63) is 113 Å². The first-order valence-electron chi connectivity index (χ1n) is 17.4. The quantitative estimate of drug-likeness (QED) is 0.0598.